The summed E-state index contributed by atoms with van der Waals surface area (Å²) in [6, 6.07) is 0. The van der Waals surface area contributed by atoms with Crippen LogP contribution in [-0.2, 0) is 19.1 Å². The van der Waals surface area contributed by atoms with E-state index in [9.17, 15) is 9.59 Å². The molecule has 0 aromatic carbocycles. The number of ether oxygens (including phenoxy) is 2. The van der Waals surface area contributed by atoms with E-state index in [4.69, 9.17) is 9.47 Å². The van der Waals surface area contributed by atoms with Crippen molar-refractivity contribution in [1.29, 1.82) is 0 Å². The van der Waals surface area contributed by atoms with Gasteiger partial charge in [0.2, 0.25) is 0 Å². The number of rotatable bonds is 2. The molecule has 0 N–H and O–H groups in total. The molecule has 4 saturated carbocycles. The molecule has 0 radical (unpaired) electrons. The molecule has 0 aliphatic heterocycles. The highest BCUT2D eigenvalue weighted by atomic mass is 16.5. The number of esters is 1. The summed E-state index contributed by atoms with van der Waals surface area (Å²) in [6.07, 6.45) is 8.24. The van der Waals surface area contributed by atoms with Crippen LogP contribution in [0.4, 0.5) is 0 Å². The van der Waals surface area contributed by atoms with Crippen molar-refractivity contribution in [1.82, 2.24) is 0 Å². The lowest BCUT2D eigenvalue weighted by molar-refractivity contribution is -0.169. The van der Waals surface area contributed by atoms with Crippen molar-refractivity contribution >= 4 is 11.8 Å². The van der Waals surface area contributed by atoms with Gasteiger partial charge in [0, 0.05) is 37.7 Å². The second kappa shape index (κ2) is 6.32. The molecular weight excluding hydrogens is 328 g/mol. The van der Waals surface area contributed by atoms with Crippen LogP contribution in [0.15, 0.2) is 0 Å². The highest BCUT2D eigenvalue weighted by Gasteiger charge is 2.76. The number of carbonyl (C=O) groups is 2. The fraction of sp³-hybridized carbons (Fsp3) is 0.909. The van der Waals surface area contributed by atoms with Crippen LogP contribution in [0.25, 0.3) is 0 Å². The summed E-state index contributed by atoms with van der Waals surface area (Å²) in [6.45, 7) is 6.06. The topological polar surface area (TPSA) is 52.6 Å². The van der Waals surface area contributed by atoms with Gasteiger partial charge in [-0.1, -0.05) is 13.8 Å². The first-order valence-corrected chi connectivity index (χ1v) is 10.6. The van der Waals surface area contributed by atoms with Gasteiger partial charge in [0.1, 0.15) is 11.9 Å². The fourth-order valence-corrected chi connectivity index (χ4v) is 7.45. The Hall–Kier alpha value is -0.900. The Kier molecular flexibility index (Phi) is 4.49. The minimum absolute atomic E-state index is 0.128. The maximum Gasteiger partial charge on any atom is 0.302 e. The molecule has 0 aromatic heterocycles. The molecule has 1 spiro atoms. The first-order valence-electron chi connectivity index (χ1n) is 10.6. The SMILES string of the molecule is CO[C@@H]1C[C@H]2[C@H](OC(C)=O)CCC(=O)[C@@H](C)CC[C@@H]2[C@@]2(C)CC[C@@H]3C[C@]312. The minimum Gasteiger partial charge on any atom is -0.462 e. The van der Waals surface area contributed by atoms with E-state index in [1.54, 1.807) is 0 Å². The maximum atomic E-state index is 12.5. The van der Waals surface area contributed by atoms with Crippen molar-refractivity contribution in [3.63, 3.8) is 0 Å². The Morgan fingerprint density at radius 1 is 1.19 bits per heavy atom. The third kappa shape index (κ3) is 2.51. The predicted octanol–water partition coefficient (Wildman–Crippen LogP) is 4.15. The molecule has 4 aliphatic rings. The number of hydrogen-bond donors (Lipinski definition) is 0. The molecule has 146 valence electrons. The van der Waals surface area contributed by atoms with Gasteiger partial charge in [-0.2, -0.15) is 0 Å². The zero-order valence-electron chi connectivity index (χ0n) is 16.8. The molecule has 0 amide bonds. The number of carbonyl (C=O) groups excluding carboxylic acids is 2. The highest BCUT2D eigenvalue weighted by Crippen LogP contribution is 2.80. The van der Waals surface area contributed by atoms with Crippen LogP contribution in [0.5, 0.6) is 0 Å². The minimum atomic E-state index is -0.219. The van der Waals surface area contributed by atoms with E-state index in [1.807, 2.05) is 7.11 Å². The van der Waals surface area contributed by atoms with Crippen LogP contribution in [0, 0.1) is 34.5 Å². The number of hydrogen-bond acceptors (Lipinski definition) is 4. The van der Waals surface area contributed by atoms with Gasteiger partial charge in [0.05, 0.1) is 6.10 Å². The molecular formula is C22H34O4. The van der Waals surface area contributed by atoms with Gasteiger partial charge >= 0.3 is 5.97 Å². The van der Waals surface area contributed by atoms with E-state index in [-0.39, 0.29) is 29.5 Å². The van der Waals surface area contributed by atoms with Crippen molar-refractivity contribution in [3.8, 4) is 0 Å². The normalized spacial score (nSPS) is 50.5. The van der Waals surface area contributed by atoms with Crippen molar-refractivity contribution in [2.45, 2.75) is 84.3 Å². The molecule has 0 unspecified atom stereocenters. The van der Waals surface area contributed by atoms with Gasteiger partial charge in [-0.25, -0.2) is 0 Å². The fourth-order valence-electron chi connectivity index (χ4n) is 7.45. The van der Waals surface area contributed by atoms with E-state index in [0.717, 1.165) is 25.2 Å². The lowest BCUT2D eigenvalue weighted by atomic mass is 9.52. The molecule has 0 heterocycles. The molecule has 26 heavy (non-hydrogen) atoms. The predicted molar refractivity (Wildman–Crippen MR) is 98.5 cm³/mol. The lowest BCUT2D eigenvalue weighted by Crippen LogP contribution is -2.54. The third-order valence-electron chi connectivity index (χ3n) is 8.84. The second-order valence-corrected chi connectivity index (χ2v) is 9.76. The first kappa shape index (κ1) is 18.5. The summed E-state index contributed by atoms with van der Waals surface area (Å²) >= 11 is 0. The Balaban J connectivity index is 1.71. The zero-order valence-corrected chi connectivity index (χ0v) is 16.8. The molecule has 4 nitrogen and oxygen atoms in total. The number of fused-ring (bicyclic) bond motifs is 2. The third-order valence-corrected chi connectivity index (χ3v) is 8.84. The summed E-state index contributed by atoms with van der Waals surface area (Å²) in [5.41, 5.74) is 0.595. The smallest absolute Gasteiger partial charge is 0.302 e. The molecule has 0 bridgehead atoms. The van der Waals surface area contributed by atoms with Gasteiger partial charge < -0.3 is 9.47 Å². The summed E-state index contributed by atoms with van der Waals surface area (Å²) in [7, 11) is 1.86. The van der Waals surface area contributed by atoms with E-state index in [0.29, 0.717) is 35.9 Å². The van der Waals surface area contributed by atoms with Gasteiger partial charge in [0.25, 0.3) is 0 Å². The van der Waals surface area contributed by atoms with E-state index in [1.165, 1.54) is 26.2 Å². The zero-order chi connectivity index (χ0) is 18.7. The van der Waals surface area contributed by atoms with E-state index >= 15 is 0 Å². The van der Waals surface area contributed by atoms with Gasteiger partial charge in [-0.3, -0.25) is 9.59 Å². The van der Waals surface area contributed by atoms with E-state index in [2.05, 4.69) is 13.8 Å². The van der Waals surface area contributed by atoms with Gasteiger partial charge in [-0.05, 0) is 62.2 Å². The van der Waals surface area contributed by atoms with Crippen LogP contribution in [0.1, 0.15) is 72.1 Å². The average Bonchev–Trinajstić information content (AvgIpc) is 3.24. The van der Waals surface area contributed by atoms with Crippen LogP contribution < -0.4 is 0 Å². The maximum absolute atomic E-state index is 12.5. The number of Topliss-reactive ketones (excluding diaryl/α,β-unsaturated/α-hetero) is 1. The lowest BCUT2D eigenvalue weighted by Gasteiger charge is -2.55. The molecule has 4 rings (SSSR count). The van der Waals surface area contributed by atoms with Crippen LogP contribution in [0.2, 0.25) is 0 Å². The second-order valence-electron chi connectivity index (χ2n) is 9.76. The largest absolute Gasteiger partial charge is 0.462 e. The highest BCUT2D eigenvalue weighted by molar-refractivity contribution is 5.80. The summed E-state index contributed by atoms with van der Waals surface area (Å²) in [5.74, 6) is 1.90. The summed E-state index contributed by atoms with van der Waals surface area (Å²) in [4.78, 5) is 24.3. The van der Waals surface area contributed by atoms with Crippen molar-refractivity contribution in [2.75, 3.05) is 7.11 Å². The number of ketones is 1. The first-order chi connectivity index (χ1) is 12.3. The molecule has 4 aliphatic carbocycles. The molecule has 4 heteroatoms. The monoisotopic (exact) mass is 362 g/mol. The number of methoxy groups -OCH3 is 1. The van der Waals surface area contributed by atoms with E-state index < -0.39 is 0 Å². The standard InChI is InChI=1S/C22H34O4/c1-13-5-6-17-16(19(26-14(2)23)8-7-18(13)24)11-20(25-4)22-12-15(22)9-10-21(17,22)3/h13,15-17,19-20H,5-12H2,1-4H3/t13-,15+,16+,17-,19+,20+,21+,22-/m0/s1. The molecule has 0 aromatic rings. The molecule has 8 atom stereocenters. The Morgan fingerprint density at radius 2 is 1.96 bits per heavy atom. The summed E-state index contributed by atoms with van der Waals surface area (Å²) < 4.78 is 11.9. The van der Waals surface area contributed by atoms with Crippen LogP contribution in [0.3, 0.4) is 0 Å². The van der Waals surface area contributed by atoms with Crippen molar-refractivity contribution < 1.29 is 19.1 Å². The Bertz CT molecular complexity index is 601. The Labute approximate surface area is 157 Å². The van der Waals surface area contributed by atoms with Crippen molar-refractivity contribution in [2.24, 2.45) is 34.5 Å². The van der Waals surface area contributed by atoms with Crippen LogP contribution >= 0.6 is 0 Å². The Morgan fingerprint density at radius 3 is 2.62 bits per heavy atom. The van der Waals surface area contributed by atoms with Gasteiger partial charge in [-0.15, -0.1) is 0 Å². The quantitative estimate of drug-likeness (QED) is 0.692. The summed E-state index contributed by atoms with van der Waals surface area (Å²) in [5, 5.41) is 0. The van der Waals surface area contributed by atoms with Gasteiger partial charge in [0.15, 0.2) is 0 Å². The molecule has 4 fully saturated rings. The molecule has 0 saturated heterocycles. The van der Waals surface area contributed by atoms with Crippen molar-refractivity contribution in [3.05, 3.63) is 0 Å². The van der Waals surface area contributed by atoms with Crippen LogP contribution in [-0.4, -0.2) is 31.1 Å². The average molecular weight is 363 g/mol.